The van der Waals surface area contributed by atoms with Crippen molar-refractivity contribution in [3.05, 3.63) is 56.4 Å². The van der Waals surface area contributed by atoms with Gasteiger partial charge in [-0.05, 0) is 66.7 Å². The van der Waals surface area contributed by atoms with Crippen LogP contribution in [0.2, 0.25) is 5.02 Å². The quantitative estimate of drug-likeness (QED) is 0.521. The van der Waals surface area contributed by atoms with E-state index in [9.17, 15) is 14.7 Å². The van der Waals surface area contributed by atoms with Crippen molar-refractivity contribution >= 4 is 56.5 Å². The monoisotopic (exact) mass is 497 g/mol. The molecule has 29 heavy (non-hydrogen) atoms. The van der Waals surface area contributed by atoms with Crippen LogP contribution >= 0.6 is 39.3 Å². The first-order valence-electron chi connectivity index (χ1n) is 8.68. The number of halogens is 2. The van der Waals surface area contributed by atoms with Crippen LogP contribution in [0.4, 0.5) is 4.79 Å². The summed E-state index contributed by atoms with van der Waals surface area (Å²) in [5.41, 5.74) is 0.620. The lowest BCUT2D eigenvalue weighted by Crippen LogP contribution is -2.32. The van der Waals surface area contributed by atoms with Gasteiger partial charge in [-0.15, -0.1) is 0 Å². The van der Waals surface area contributed by atoms with Crippen molar-refractivity contribution < 1.29 is 24.2 Å². The first-order chi connectivity index (χ1) is 13.9. The smallest absolute Gasteiger partial charge is 0.293 e. The van der Waals surface area contributed by atoms with Gasteiger partial charge in [-0.3, -0.25) is 14.5 Å². The van der Waals surface area contributed by atoms with Gasteiger partial charge < -0.3 is 14.6 Å². The van der Waals surface area contributed by atoms with E-state index in [1.165, 1.54) is 6.07 Å². The number of ether oxygens (including phenoxy) is 2. The molecular formula is C20H17BrClNO5S. The first-order valence-corrected chi connectivity index (χ1v) is 10.7. The lowest BCUT2D eigenvalue weighted by atomic mass is 10.2. The minimum atomic E-state index is -0.391. The first kappa shape index (κ1) is 21.5. The fourth-order valence-corrected chi connectivity index (χ4v) is 3.99. The lowest BCUT2D eigenvalue weighted by molar-refractivity contribution is -0.123. The number of thioether (sulfide) groups is 1. The van der Waals surface area contributed by atoms with Gasteiger partial charge in [0.25, 0.3) is 11.1 Å². The van der Waals surface area contributed by atoms with Gasteiger partial charge in [0.1, 0.15) is 12.4 Å². The number of imide groups is 1. The Morgan fingerprint density at radius 3 is 2.62 bits per heavy atom. The maximum Gasteiger partial charge on any atom is 0.293 e. The number of hydrogen-bond donors (Lipinski definition) is 1. The molecule has 3 rings (SSSR count). The molecule has 0 atom stereocenters. The minimum absolute atomic E-state index is 0.0108. The molecule has 2 amide bonds. The molecule has 0 unspecified atom stereocenters. The maximum atomic E-state index is 12.6. The summed E-state index contributed by atoms with van der Waals surface area (Å²) in [4.78, 5) is 26.3. The van der Waals surface area contributed by atoms with Crippen LogP contribution in [0.5, 0.6) is 17.2 Å². The molecule has 1 aliphatic rings. The van der Waals surface area contributed by atoms with E-state index in [-0.39, 0.29) is 29.0 Å². The summed E-state index contributed by atoms with van der Waals surface area (Å²) in [5, 5.41) is 10.2. The zero-order valence-electron chi connectivity index (χ0n) is 15.4. The Balaban J connectivity index is 1.69. The summed E-state index contributed by atoms with van der Waals surface area (Å²) in [6.07, 6.45) is 1.59. The number of benzene rings is 2. The van der Waals surface area contributed by atoms with Crippen LogP contribution < -0.4 is 9.47 Å². The molecule has 1 fully saturated rings. The molecule has 9 heteroatoms. The molecule has 152 valence electrons. The SMILES string of the molecule is CCOc1cc(/C=C2\SC(=O)N(CCOc3ccc(Cl)cc3)C2=O)c(Br)cc1O. The van der Waals surface area contributed by atoms with E-state index < -0.39 is 5.91 Å². The Kier molecular flexibility index (Phi) is 7.10. The zero-order chi connectivity index (χ0) is 21.0. The average molecular weight is 499 g/mol. The lowest BCUT2D eigenvalue weighted by Gasteiger charge is -2.13. The second-order valence-electron chi connectivity index (χ2n) is 5.91. The molecule has 1 N–H and O–H groups in total. The Bertz CT molecular complexity index is 964. The number of aromatic hydroxyl groups is 1. The molecule has 0 saturated carbocycles. The Morgan fingerprint density at radius 2 is 1.93 bits per heavy atom. The van der Waals surface area contributed by atoms with Gasteiger partial charge in [0.2, 0.25) is 0 Å². The molecular weight excluding hydrogens is 482 g/mol. The molecule has 2 aromatic rings. The Morgan fingerprint density at radius 1 is 1.21 bits per heavy atom. The molecule has 0 spiro atoms. The van der Waals surface area contributed by atoms with Gasteiger partial charge >= 0.3 is 0 Å². The van der Waals surface area contributed by atoms with Gasteiger partial charge in [-0.2, -0.15) is 0 Å². The Hall–Kier alpha value is -2.16. The largest absolute Gasteiger partial charge is 0.504 e. The number of carbonyl (C=O) groups excluding carboxylic acids is 2. The predicted octanol–water partition coefficient (Wildman–Crippen LogP) is 5.32. The number of phenols is 1. The van der Waals surface area contributed by atoms with E-state index in [0.29, 0.717) is 33.2 Å². The van der Waals surface area contributed by atoms with Crippen molar-refractivity contribution in [2.24, 2.45) is 0 Å². The van der Waals surface area contributed by atoms with E-state index in [1.807, 2.05) is 0 Å². The van der Waals surface area contributed by atoms with Gasteiger partial charge in [0, 0.05) is 9.50 Å². The van der Waals surface area contributed by atoms with E-state index in [4.69, 9.17) is 21.1 Å². The van der Waals surface area contributed by atoms with Crippen LogP contribution in [0.3, 0.4) is 0 Å². The van der Waals surface area contributed by atoms with Gasteiger partial charge in [-0.1, -0.05) is 27.5 Å². The van der Waals surface area contributed by atoms with E-state index >= 15 is 0 Å². The fourth-order valence-electron chi connectivity index (χ4n) is 2.56. The van der Waals surface area contributed by atoms with Gasteiger partial charge in [-0.25, -0.2) is 0 Å². The maximum absolute atomic E-state index is 12.6. The molecule has 2 aromatic carbocycles. The van der Waals surface area contributed by atoms with Crippen LogP contribution in [0, 0.1) is 0 Å². The minimum Gasteiger partial charge on any atom is -0.504 e. The van der Waals surface area contributed by atoms with E-state index in [2.05, 4.69) is 15.9 Å². The van der Waals surface area contributed by atoms with E-state index in [0.717, 1.165) is 16.7 Å². The summed E-state index contributed by atoms with van der Waals surface area (Å²) in [6.45, 7) is 2.49. The van der Waals surface area contributed by atoms with Crippen LogP contribution in [0.25, 0.3) is 6.08 Å². The van der Waals surface area contributed by atoms with Crippen molar-refractivity contribution in [2.45, 2.75) is 6.92 Å². The zero-order valence-corrected chi connectivity index (χ0v) is 18.5. The van der Waals surface area contributed by atoms with Gasteiger partial charge in [0.15, 0.2) is 11.5 Å². The highest BCUT2D eigenvalue weighted by atomic mass is 79.9. The third kappa shape index (κ3) is 5.26. The number of carbonyl (C=O) groups is 2. The summed E-state index contributed by atoms with van der Waals surface area (Å²) in [7, 11) is 0. The fraction of sp³-hybridized carbons (Fsp3) is 0.200. The molecule has 0 aromatic heterocycles. The highest BCUT2D eigenvalue weighted by Gasteiger charge is 2.35. The topological polar surface area (TPSA) is 76.1 Å². The molecule has 1 saturated heterocycles. The summed E-state index contributed by atoms with van der Waals surface area (Å²) < 4.78 is 11.5. The van der Waals surface area contributed by atoms with E-state index in [1.54, 1.807) is 43.3 Å². The van der Waals surface area contributed by atoms with Crippen LogP contribution in [-0.4, -0.2) is 40.9 Å². The van der Waals surface area contributed by atoms with Crippen LogP contribution in [-0.2, 0) is 4.79 Å². The van der Waals surface area contributed by atoms with Crippen molar-refractivity contribution in [1.29, 1.82) is 0 Å². The third-order valence-electron chi connectivity index (χ3n) is 3.94. The third-order valence-corrected chi connectivity index (χ3v) is 5.78. The van der Waals surface area contributed by atoms with Crippen molar-refractivity contribution in [3.8, 4) is 17.2 Å². The number of hydrogen-bond acceptors (Lipinski definition) is 6. The van der Waals surface area contributed by atoms with Crippen molar-refractivity contribution in [3.63, 3.8) is 0 Å². The van der Waals surface area contributed by atoms with Crippen LogP contribution in [0.15, 0.2) is 45.8 Å². The second-order valence-corrected chi connectivity index (χ2v) is 8.19. The van der Waals surface area contributed by atoms with Crippen molar-refractivity contribution in [1.82, 2.24) is 4.90 Å². The number of rotatable bonds is 7. The average Bonchev–Trinajstić information content (AvgIpc) is 2.94. The van der Waals surface area contributed by atoms with Crippen molar-refractivity contribution in [2.75, 3.05) is 19.8 Å². The van der Waals surface area contributed by atoms with Crippen LogP contribution in [0.1, 0.15) is 12.5 Å². The summed E-state index contributed by atoms with van der Waals surface area (Å²) >= 11 is 10.0. The molecule has 1 aliphatic heterocycles. The highest BCUT2D eigenvalue weighted by molar-refractivity contribution is 9.10. The predicted molar refractivity (Wildman–Crippen MR) is 117 cm³/mol. The number of phenolic OH excluding ortho intramolecular Hbond substituents is 1. The molecule has 0 aliphatic carbocycles. The number of nitrogens with zero attached hydrogens (tertiary/aromatic N) is 1. The highest BCUT2D eigenvalue weighted by Crippen LogP contribution is 2.37. The molecule has 0 bridgehead atoms. The summed E-state index contributed by atoms with van der Waals surface area (Å²) in [5.74, 6) is 0.506. The van der Waals surface area contributed by atoms with Gasteiger partial charge in [0.05, 0.1) is 18.1 Å². The summed E-state index contributed by atoms with van der Waals surface area (Å²) in [6, 6.07) is 9.93. The second kappa shape index (κ2) is 9.56. The molecule has 1 heterocycles. The molecule has 0 radical (unpaired) electrons. The normalized spacial score (nSPS) is 15.3. The number of amides is 2. The standard InChI is InChI=1S/C20H17BrClNO5S/c1-2-27-17-9-12(15(21)11-16(17)24)10-18-19(25)23(20(26)29-18)7-8-28-14-5-3-13(22)4-6-14/h3-6,9-11,24H,2,7-8H2,1H3/b18-10-. The molecule has 6 nitrogen and oxygen atoms in total. The Labute approximate surface area is 185 Å².